The van der Waals surface area contributed by atoms with E-state index >= 15 is 0 Å². The van der Waals surface area contributed by atoms with Gasteiger partial charge in [0.05, 0.1) is 7.11 Å². The number of carbonyl (C=O) groups is 2. The molecule has 162 valence electrons. The molecule has 0 aliphatic carbocycles. The van der Waals surface area contributed by atoms with E-state index in [0.717, 1.165) is 5.56 Å². The van der Waals surface area contributed by atoms with Crippen molar-refractivity contribution in [1.29, 1.82) is 0 Å². The fourth-order valence-electron chi connectivity index (χ4n) is 2.79. The molecular formula is C23H29ClN2O4. The van der Waals surface area contributed by atoms with Gasteiger partial charge in [-0.1, -0.05) is 43.6 Å². The van der Waals surface area contributed by atoms with Crippen molar-refractivity contribution in [3.05, 3.63) is 59.1 Å². The van der Waals surface area contributed by atoms with Crippen LogP contribution in [0.4, 0.5) is 0 Å². The third-order valence-electron chi connectivity index (χ3n) is 4.50. The van der Waals surface area contributed by atoms with Crippen LogP contribution in [0.2, 0.25) is 5.02 Å². The maximum Gasteiger partial charge on any atom is 0.261 e. The second kappa shape index (κ2) is 11.5. The topological polar surface area (TPSA) is 67.9 Å². The van der Waals surface area contributed by atoms with Crippen molar-refractivity contribution in [2.45, 2.75) is 33.4 Å². The molecule has 0 unspecified atom stereocenters. The van der Waals surface area contributed by atoms with Crippen LogP contribution in [-0.2, 0) is 16.1 Å². The van der Waals surface area contributed by atoms with Gasteiger partial charge in [-0.05, 0) is 48.7 Å². The second-order valence-electron chi connectivity index (χ2n) is 7.43. The van der Waals surface area contributed by atoms with E-state index in [9.17, 15) is 9.59 Å². The number of ether oxygens (including phenoxy) is 2. The molecule has 0 saturated carbocycles. The highest BCUT2D eigenvalue weighted by Crippen LogP contribution is 2.19. The van der Waals surface area contributed by atoms with E-state index in [-0.39, 0.29) is 25.0 Å². The van der Waals surface area contributed by atoms with Crippen LogP contribution in [0.1, 0.15) is 26.3 Å². The van der Waals surface area contributed by atoms with Gasteiger partial charge in [-0.3, -0.25) is 9.59 Å². The quantitative estimate of drug-likeness (QED) is 0.618. The van der Waals surface area contributed by atoms with Gasteiger partial charge in [0.15, 0.2) is 6.61 Å². The van der Waals surface area contributed by atoms with Crippen LogP contribution in [0.15, 0.2) is 48.5 Å². The third-order valence-corrected chi connectivity index (χ3v) is 4.73. The molecule has 0 bridgehead atoms. The highest BCUT2D eigenvalue weighted by atomic mass is 35.5. The first-order valence-electron chi connectivity index (χ1n) is 9.88. The Bertz CT molecular complexity index is 857. The standard InChI is InChI=1S/C23H29ClN2O4/c1-16(2)13-25-23(28)17(3)26(14-18-7-5-9-20(11-18)29-4)22(27)15-30-21-10-6-8-19(24)12-21/h5-12,16-17H,13-15H2,1-4H3,(H,25,28)/t17-/m1/s1. The molecule has 0 heterocycles. The number of carbonyl (C=O) groups excluding carboxylic acids is 2. The fraction of sp³-hybridized carbons (Fsp3) is 0.391. The molecule has 1 atom stereocenters. The SMILES string of the molecule is COc1cccc(CN(C(=O)COc2cccc(Cl)c2)[C@H](C)C(=O)NCC(C)C)c1. The van der Waals surface area contributed by atoms with Gasteiger partial charge in [0, 0.05) is 18.1 Å². The van der Waals surface area contributed by atoms with Crippen LogP contribution in [0.5, 0.6) is 11.5 Å². The summed E-state index contributed by atoms with van der Waals surface area (Å²) >= 11 is 5.97. The van der Waals surface area contributed by atoms with Crippen molar-refractivity contribution in [2.75, 3.05) is 20.3 Å². The number of amides is 2. The lowest BCUT2D eigenvalue weighted by molar-refractivity contribution is -0.142. The number of hydrogen-bond acceptors (Lipinski definition) is 4. The van der Waals surface area contributed by atoms with Gasteiger partial charge in [-0.25, -0.2) is 0 Å². The molecule has 0 aliphatic heterocycles. The van der Waals surface area contributed by atoms with Gasteiger partial charge in [0.1, 0.15) is 17.5 Å². The van der Waals surface area contributed by atoms with E-state index in [1.54, 1.807) is 38.3 Å². The summed E-state index contributed by atoms with van der Waals surface area (Å²) < 4.78 is 10.9. The summed E-state index contributed by atoms with van der Waals surface area (Å²) in [5.74, 6) is 0.989. The Morgan fingerprint density at radius 1 is 1.07 bits per heavy atom. The number of nitrogens with one attached hydrogen (secondary N) is 1. The molecular weight excluding hydrogens is 404 g/mol. The van der Waals surface area contributed by atoms with Gasteiger partial charge < -0.3 is 19.7 Å². The maximum absolute atomic E-state index is 13.0. The van der Waals surface area contributed by atoms with Crippen LogP contribution < -0.4 is 14.8 Å². The number of halogens is 1. The molecule has 0 fully saturated rings. The van der Waals surface area contributed by atoms with Crippen molar-refractivity contribution in [3.8, 4) is 11.5 Å². The number of nitrogens with zero attached hydrogens (tertiary/aromatic N) is 1. The lowest BCUT2D eigenvalue weighted by Gasteiger charge is -2.29. The maximum atomic E-state index is 13.0. The van der Waals surface area contributed by atoms with Gasteiger partial charge in [-0.15, -0.1) is 0 Å². The Kier molecular flexibility index (Phi) is 8.99. The minimum Gasteiger partial charge on any atom is -0.497 e. The van der Waals surface area contributed by atoms with Crippen molar-refractivity contribution >= 4 is 23.4 Å². The zero-order valence-corrected chi connectivity index (χ0v) is 18.6. The normalized spacial score (nSPS) is 11.7. The molecule has 0 radical (unpaired) electrons. The predicted molar refractivity (Wildman–Crippen MR) is 118 cm³/mol. The molecule has 0 saturated heterocycles. The lowest BCUT2D eigenvalue weighted by Crippen LogP contribution is -2.49. The van der Waals surface area contributed by atoms with Crippen LogP contribution in [-0.4, -0.2) is 43.0 Å². The van der Waals surface area contributed by atoms with Gasteiger partial charge in [0.2, 0.25) is 5.91 Å². The van der Waals surface area contributed by atoms with E-state index < -0.39 is 6.04 Å². The van der Waals surface area contributed by atoms with Crippen molar-refractivity contribution in [1.82, 2.24) is 10.2 Å². The van der Waals surface area contributed by atoms with E-state index in [1.165, 1.54) is 4.90 Å². The van der Waals surface area contributed by atoms with Crippen molar-refractivity contribution < 1.29 is 19.1 Å². The lowest BCUT2D eigenvalue weighted by atomic mass is 10.1. The Morgan fingerprint density at radius 3 is 2.43 bits per heavy atom. The zero-order chi connectivity index (χ0) is 22.1. The summed E-state index contributed by atoms with van der Waals surface area (Å²) in [5, 5.41) is 3.41. The Hall–Kier alpha value is -2.73. The average molecular weight is 433 g/mol. The Labute approximate surface area is 183 Å². The summed E-state index contributed by atoms with van der Waals surface area (Å²) in [6.07, 6.45) is 0. The van der Waals surface area contributed by atoms with Crippen molar-refractivity contribution in [2.24, 2.45) is 5.92 Å². The first-order chi connectivity index (χ1) is 14.3. The highest BCUT2D eigenvalue weighted by Gasteiger charge is 2.26. The molecule has 0 aliphatic rings. The van der Waals surface area contributed by atoms with Crippen LogP contribution >= 0.6 is 11.6 Å². The van der Waals surface area contributed by atoms with Gasteiger partial charge >= 0.3 is 0 Å². The molecule has 30 heavy (non-hydrogen) atoms. The second-order valence-corrected chi connectivity index (χ2v) is 7.87. The van der Waals surface area contributed by atoms with E-state index in [2.05, 4.69) is 5.32 Å². The van der Waals surface area contributed by atoms with E-state index in [1.807, 2.05) is 38.1 Å². The summed E-state index contributed by atoms with van der Waals surface area (Å²) in [6, 6.07) is 13.6. The summed E-state index contributed by atoms with van der Waals surface area (Å²) in [4.78, 5) is 27.1. The number of rotatable bonds is 10. The first kappa shape index (κ1) is 23.5. The van der Waals surface area contributed by atoms with Crippen LogP contribution in [0.3, 0.4) is 0 Å². The third kappa shape index (κ3) is 7.26. The summed E-state index contributed by atoms with van der Waals surface area (Å²) in [7, 11) is 1.59. The Morgan fingerprint density at radius 2 is 1.77 bits per heavy atom. The summed E-state index contributed by atoms with van der Waals surface area (Å²) in [5.41, 5.74) is 0.856. The van der Waals surface area contributed by atoms with Crippen LogP contribution in [0.25, 0.3) is 0 Å². The summed E-state index contributed by atoms with van der Waals surface area (Å²) in [6.45, 7) is 6.35. The molecule has 2 rings (SSSR count). The first-order valence-corrected chi connectivity index (χ1v) is 10.3. The molecule has 6 nitrogen and oxygen atoms in total. The van der Waals surface area contributed by atoms with Crippen molar-refractivity contribution in [3.63, 3.8) is 0 Å². The molecule has 2 aromatic rings. The van der Waals surface area contributed by atoms with Gasteiger partial charge in [-0.2, -0.15) is 0 Å². The largest absolute Gasteiger partial charge is 0.497 e. The average Bonchev–Trinajstić information content (AvgIpc) is 2.73. The number of hydrogen-bond donors (Lipinski definition) is 1. The van der Waals surface area contributed by atoms with Crippen LogP contribution in [0, 0.1) is 5.92 Å². The van der Waals surface area contributed by atoms with E-state index in [4.69, 9.17) is 21.1 Å². The predicted octanol–water partition coefficient (Wildman–Crippen LogP) is 3.92. The molecule has 2 amide bonds. The minimum absolute atomic E-state index is 0.202. The molecule has 2 aromatic carbocycles. The molecule has 1 N–H and O–H groups in total. The van der Waals surface area contributed by atoms with E-state index in [0.29, 0.717) is 29.0 Å². The Balaban J connectivity index is 2.15. The smallest absolute Gasteiger partial charge is 0.261 e. The van der Waals surface area contributed by atoms with Gasteiger partial charge in [0.25, 0.3) is 5.91 Å². The zero-order valence-electron chi connectivity index (χ0n) is 17.9. The monoisotopic (exact) mass is 432 g/mol. The fourth-order valence-corrected chi connectivity index (χ4v) is 2.97. The molecule has 7 heteroatoms. The molecule has 0 aromatic heterocycles. The number of methoxy groups -OCH3 is 1. The molecule has 0 spiro atoms. The highest BCUT2D eigenvalue weighted by molar-refractivity contribution is 6.30. The minimum atomic E-state index is -0.662. The number of benzene rings is 2.